The molecule has 0 spiro atoms. The van der Waals surface area contributed by atoms with Crippen LogP contribution in [-0.4, -0.2) is 9.55 Å². The van der Waals surface area contributed by atoms with Gasteiger partial charge in [0.25, 0.3) is 0 Å². The van der Waals surface area contributed by atoms with E-state index in [0.717, 1.165) is 29.9 Å². The number of hydrogen-bond acceptors (Lipinski definition) is 1. The Balaban J connectivity index is 2.53. The van der Waals surface area contributed by atoms with Crippen LogP contribution < -0.4 is 0 Å². The monoisotopic (exact) mass is 242 g/mol. The fraction of sp³-hybridized carbons (Fsp3) is 0.438. The molecule has 2 heteroatoms. The van der Waals surface area contributed by atoms with Crippen LogP contribution in [0, 0.1) is 5.41 Å². The highest BCUT2D eigenvalue weighted by atomic mass is 15.1. The number of imidazole rings is 1. The van der Waals surface area contributed by atoms with E-state index in [9.17, 15) is 0 Å². The molecular formula is C16H22N2. The van der Waals surface area contributed by atoms with Crippen LogP contribution >= 0.6 is 0 Å². The summed E-state index contributed by atoms with van der Waals surface area (Å²) in [6, 6.07) is 8.33. The normalized spacial score (nSPS) is 12.0. The molecule has 0 fully saturated rings. The van der Waals surface area contributed by atoms with E-state index in [1.54, 1.807) is 0 Å². The highest BCUT2D eigenvalue weighted by molar-refractivity contribution is 5.76. The topological polar surface area (TPSA) is 17.8 Å². The van der Waals surface area contributed by atoms with Gasteiger partial charge in [0.05, 0.1) is 11.0 Å². The third-order valence-corrected chi connectivity index (χ3v) is 2.85. The number of fused-ring (bicyclic) bond motifs is 1. The van der Waals surface area contributed by atoms with Gasteiger partial charge in [-0.15, -0.1) is 0 Å². The SMILES string of the molecule is C=C(C)Cn1c(CC(C)(C)C)nc2ccccc21. The Bertz CT molecular complexity index is 570. The molecular weight excluding hydrogens is 220 g/mol. The molecule has 0 saturated heterocycles. The number of hydrogen-bond donors (Lipinski definition) is 0. The second-order valence-electron chi connectivity index (χ2n) is 6.30. The Hall–Kier alpha value is -1.57. The maximum Gasteiger partial charge on any atom is 0.110 e. The van der Waals surface area contributed by atoms with Crippen LogP contribution in [0.25, 0.3) is 11.0 Å². The smallest absolute Gasteiger partial charge is 0.110 e. The Morgan fingerprint density at radius 3 is 2.56 bits per heavy atom. The van der Waals surface area contributed by atoms with Crippen molar-refractivity contribution in [3.63, 3.8) is 0 Å². The molecule has 0 aliphatic heterocycles. The fourth-order valence-electron chi connectivity index (χ4n) is 2.18. The van der Waals surface area contributed by atoms with Crippen molar-refractivity contribution >= 4 is 11.0 Å². The fourth-order valence-corrected chi connectivity index (χ4v) is 2.18. The zero-order chi connectivity index (χ0) is 13.3. The summed E-state index contributed by atoms with van der Waals surface area (Å²) < 4.78 is 2.29. The first kappa shape index (κ1) is 12.9. The number of allylic oxidation sites excluding steroid dienone is 1. The van der Waals surface area contributed by atoms with Crippen LogP contribution in [0.15, 0.2) is 36.4 Å². The molecule has 1 heterocycles. The Kier molecular flexibility index (Phi) is 3.29. The third-order valence-electron chi connectivity index (χ3n) is 2.85. The Labute approximate surface area is 109 Å². The second-order valence-corrected chi connectivity index (χ2v) is 6.30. The van der Waals surface area contributed by atoms with Gasteiger partial charge in [-0.05, 0) is 24.5 Å². The average molecular weight is 242 g/mol. The lowest BCUT2D eigenvalue weighted by Gasteiger charge is -2.18. The summed E-state index contributed by atoms with van der Waals surface area (Å²) in [4.78, 5) is 4.77. The van der Waals surface area contributed by atoms with Crippen LogP contribution in [0.4, 0.5) is 0 Å². The summed E-state index contributed by atoms with van der Waals surface area (Å²) in [6.45, 7) is 13.7. The van der Waals surface area contributed by atoms with Crippen LogP contribution in [0.5, 0.6) is 0 Å². The van der Waals surface area contributed by atoms with Crippen molar-refractivity contribution in [3.8, 4) is 0 Å². The number of aromatic nitrogens is 2. The van der Waals surface area contributed by atoms with E-state index in [1.165, 1.54) is 5.52 Å². The lowest BCUT2D eigenvalue weighted by atomic mass is 9.92. The third kappa shape index (κ3) is 2.81. The molecule has 0 aliphatic carbocycles. The van der Waals surface area contributed by atoms with Crippen molar-refractivity contribution < 1.29 is 0 Å². The Morgan fingerprint density at radius 1 is 1.28 bits per heavy atom. The number of nitrogens with zero attached hydrogens (tertiary/aromatic N) is 2. The molecule has 0 atom stereocenters. The van der Waals surface area contributed by atoms with Gasteiger partial charge in [-0.25, -0.2) is 4.98 Å². The van der Waals surface area contributed by atoms with Gasteiger partial charge in [0.2, 0.25) is 0 Å². The molecule has 0 radical (unpaired) electrons. The van der Waals surface area contributed by atoms with Crippen molar-refractivity contribution in [2.45, 2.75) is 40.7 Å². The van der Waals surface area contributed by atoms with Crippen molar-refractivity contribution in [2.75, 3.05) is 0 Å². The number of para-hydroxylation sites is 2. The molecule has 0 unspecified atom stereocenters. The average Bonchev–Trinajstić information content (AvgIpc) is 2.54. The maximum atomic E-state index is 4.77. The summed E-state index contributed by atoms with van der Waals surface area (Å²) >= 11 is 0. The summed E-state index contributed by atoms with van der Waals surface area (Å²) in [5.74, 6) is 1.16. The van der Waals surface area contributed by atoms with E-state index in [2.05, 4.69) is 57.0 Å². The minimum Gasteiger partial charge on any atom is -0.324 e. The molecule has 2 nitrogen and oxygen atoms in total. The molecule has 1 aromatic carbocycles. The maximum absolute atomic E-state index is 4.77. The van der Waals surface area contributed by atoms with E-state index in [0.29, 0.717) is 0 Å². The molecule has 2 aromatic rings. The molecule has 0 aliphatic rings. The van der Waals surface area contributed by atoms with Gasteiger partial charge in [-0.2, -0.15) is 0 Å². The van der Waals surface area contributed by atoms with Crippen molar-refractivity contribution in [2.24, 2.45) is 5.41 Å². The van der Waals surface area contributed by atoms with Gasteiger partial charge in [0, 0.05) is 13.0 Å². The van der Waals surface area contributed by atoms with Gasteiger partial charge in [-0.1, -0.05) is 45.1 Å². The molecule has 0 N–H and O–H groups in total. The van der Waals surface area contributed by atoms with Gasteiger partial charge in [-0.3, -0.25) is 0 Å². The first-order valence-electron chi connectivity index (χ1n) is 6.45. The molecule has 2 rings (SSSR count). The predicted molar refractivity (Wildman–Crippen MR) is 77.7 cm³/mol. The minimum absolute atomic E-state index is 0.244. The van der Waals surface area contributed by atoms with E-state index in [-0.39, 0.29) is 5.41 Å². The molecule has 96 valence electrons. The summed E-state index contributed by atoms with van der Waals surface area (Å²) in [7, 11) is 0. The van der Waals surface area contributed by atoms with E-state index < -0.39 is 0 Å². The van der Waals surface area contributed by atoms with Crippen molar-refractivity contribution in [1.82, 2.24) is 9.55 Å². The lowest BCUT2D eigenvalue weighted by molar-refractivity contribution is 0.394. The standard InChI is InChI=1S/C16H22N2/c1-12(2)11-18-14-9-7-6-8-13(14)17-15(18)10-16(3,4)5/h6-9H,1,10-11H2,2-5H3. The van der Waals surface area contributed by atoms with Crippen LogP contribution in [0.3, 0.4) is 0 Å². The summed E-state index contributed by atoms with van der Waals surface area (Å²) in [5, 5.41) is 0. The predicted octanol–water partition coefficient (Wildman–Crippen LogP) is 4.20. The molecule has 0 saturated carbocycles. The van der Waals surface area contributed by atoms with Gasteiger partial charge in [0.15, 0.2) is 0 Å². The van der Waals surface area contributed by atoms with Crippen LogP contribution in [-0.2, 0) is 13.0 Å². The highest BCUT2D eigenvalue weighted by Crippen LogP contribution is 2.24. The van der Waals surface area contributed by atoms with E-state index in [1.807, 2.05) is 6.07 Å². The highest BCUT2D eigenvalue weighted by Gasteiger charge is 2.17. The Morgan fingerprint density at radius 2 is 1.94 bits per heavy atom. The van der Waals surface area contributed by atoms with Gasteiger partial charge >= 0.3 is 0 Å². The zero-order valence-corrected chi connectivity index (χ0v) is 11.8. The lowest BCUT2D eigenvalue weighted by Crippen LogP contribution is -2.14. The number of rotatable bonds is 3. The second kappa shape index (κ2) is 4.60. The van der Waals surface area contributed by atoms with Gasteiger partial charge in [0.1, 0.15) is 5.82 Å². The first-order chi connectivity index (χ1) is 8.37. The van der Waals surface area contributed by atoms with Crippen LogP contribution in [0.1, 0.15) is 33.5 Å². The van der Waals surface area contributed by atoms with Crippen molar-refractivity contribution in [1.29, 1.82) is 0 Å². The molecule has 18 heavy (non-hydrogen) atoms. The summed E-state index contributed by atoms with van der Waals surface area (Å²) in [5.41, 5.74) is 3.69. The van der Waals surface area contributed by atoms with Gasteiger partial charge < -0.3 is 4.57 Å². The first-order valence-corrected chi connectivity index (χ1v) is 6.45. The largest absolute Gasteiger partial charge is 0.324 e. The zero-order valence-electron chi connectivity index (χ0n) is 11.8. The van der Waals surface area contributed by atoms with E-state index >= 15 is 0 Å². The molecule has 0 bridgehead atoms. The quantitative estimate of drug-likeness (QED) is 0.737. The summed E-state index contributed by atoms with van der Waals surface area (Å²) in [6.07, 6.45) is 0.981. The van der Waals surface area contributed by atoms with Crippen LogP contribution in [0.2, 0.25) is 0 Å². The van der Waals surface area contributed by atoms with Crippen molar-refractivity contribution in [3.05, 3.63) is 42.2 Å². The molecule has 1 aromatic heterocycles. The minimum atomic E-state index is 0.244. The molecule has 0 amide bonds. The van der Waals surface area contributed by atoms with E-state index in [4.69, 9.17) is 4.98 Å². The number of benzene rings is 1.